The number of nitrogens with zero attached hydrogens (tertiary/aromatic N) is 1. The Balaban J connectivity index is 1.40. The SMILES string of the molecule is O=C(NCCC(c1ccccc1)c1ccccc1)c1cn([C@H]2C[C@H](O)[C@@H](COP(=O)(O)OP(=O)(O)OP(=O)(O)O)O2)c(=O)[nH]c1=O. The molecule has 2 heterocycles. The fourth-order valence-corrected chi connectivity index (χ4v) is 7.72. The van der Waals surface area contributed by atoms with E-state index in [1.165, 1.54) is 0 Å². The third kappa shape index (κ3) is 9.96. The highest BCUT2D eigenvalue weighted by molar-refractivity contribution is 7.66. The number of benzene rings is 2. The van der Waals surface area contributed by atoms with Gasteiger partial charge in [-0.3, -0.25) is 23.7 Å². The standard InChI is InChI=1S/C25H30N3O15P3/c29-20-13-22(41-21(20)15-40-45(36,37)43-46(38,39)42-44(33,34)35)28-14-19(24(31)27-25(28)32)23(30)26-12-11-18(16-7-3-1-4-8-16)17-9-5-2-6-10-17/h1-10,14,18,20-22,29H,11-13,15H2,(H,26,30)(H,36,37)(H,38,39)(H,27,31,32)(H2,33,34,35)/t20-,21+,22+/m0/s1. The van der Waals surface area contributed by atoms with Crippen molar-refractivity contribution >= 4 is 29.4 Å². The van der Waals surface area contributed by atoms with Crippen LogP contribution in [0.25, 0.3) is 0 Å². The van der Waals surface area contributed by atoms with Crippen LogP contribution in [0.5, 0.6) is 0 Å². The summed E-state index contributed by atoms with van der Waals surface area (Å²) in [5.41, 5.74) is -0.377. The molecule has 2 unspecified atom stereocenters. The molecule has 1 aliphatic rings. The van der Waals surface area contributed by atoms with E-state index in [0.29, 0.717) is 6.42 Å². The fourth-order valence-electron chi connectivity index (χ4n) is 4.69. The summed E-state index contributed by atoms with van der Waals surface area (Å²) in [7, 11) is -16.9. The second kappa shape index (κ2) is 14.8. The fraction of sp³-hybridized carbons (Fsp3) is 0.320. The minimum absolute atomic E-state index is 0.0648. The Morgan fingerprint density at radius 2 is 1.54 bits per heavy atom. The van der Waals surface area contributed by atoms with Gasteiger partial charge in [0.2, 0.25) is 0 Å². The van der Waals surface area contributed by atoms with Crippen molar-refractivity contribution in [3.8, 4) is 0 Å². The molecule has 21 heteroatoms. The number of nitrogens with one attached hydrogen (secondary N) is 2. The quantitative estimate of drug-likeness (QED) is 0.117. The topological polar surface area (TPSA) is 273 Å². The zero-order valence-corrected chi connectivity index (χ0v) is 26.3. The van der Waals surface area contributed by atoms with Gasteiger partial charge in [0.15, 0.2) is 0 Å². The van der Waals surface area contributed by atoms with Crippen molar-refractivity contribution in [3.63, 3.8) is 0 Å². The highest BCUT2D eigenvalue weighted by Crippen LogP contribution is 2.66. The summed E-state index contributed by atoms with van der Waals surface area (Å²) < 4.78 is 52.3. The molecule has 0 spiro atoms. The summed E-state index contributed by atoms with van der Waals surface area (Å²) in [6.07, 6.45) is -3.12. The zero-order chi connectivity index (χ0) is 33.7. The predicted molar refractivity (Wildman–Crippen MR) is 157 cm³/mol. The van der Waals surface area contributed by atoms with Crippen LogP contribution in [0.1, 0.15) is 46.5 Å². The van der Waals surface area contributed by atoms with Crippen molar-refractivity contribution in [3.05, 3.63) is 104 Å². The highest BCUT2D eigenvalue weighted by Gasteiger charge is 2.43. The smallest absolute Gasteiger partial charge is 0.390 e. The molecule has 1 fully saturated rings. The van der Waals surface area contributed by atoms with E-state index < -0.39 is 71.2 Å². The van der Waals surface area contributed by atoms with E-state index in [9.17, 15) is 43.0 Å². The first kappa shape index (κ1) is 35.8. The minimum atomic E-state index is -5.77. The average Bonchev–Trinajstić information content (AvgIpc) is 3.33. The first-order valence-electron chi connectivity index (χ1n) is 13.4. The number of aromatic amines is 1. The monoisotopic (exact) mass is 705 g/mol. The van der Waals surface area contributed by atoms with Gasteiger partial charge in [0.05, 0.1) is 12.7 Å². The average molecular weight is 705 g/mol. The molecule has 3 aromatic rings. The number of ether oxygens (including phenoxy) is 1. The molecule has 1 aliphatic heterocycles. The summed E-state index contributed by atoms with van der Waals surface area (Å²) in [5.74, 6) is -0.859. The van der Waals surface area contributed by atoms with Gasteiger partial charge in [0.1, 0.15) is 17.9 Å². The van der Waals surface area contributed by atoms with E-state index in [4.69, 9.17) is 14.5 Å². The summed E-state index contributed by atoms with van der Waals surface area (Å²) >= 11 is 0. The number of H-pyrrole nitrogens is 1. The molecule has 0 bridgehead atoms. The van der Waals surface area contributed by atoms with Gasteiger partial charge in [-0.05, 0) is 17.5 Å². The lowest BCUT2D eigenvalue weighted by Gasteiger charge is -2.19. The lowest BCUT2D eigenvalue weighted by molar-refractivity contribution is -0.0450. The minimum Gasteiger partial charge on any atom is -0.390 e. The van der Waals surface area contributed by atoms with Crippen LogP contribution in [-0.4, -0.2) is 65.5 Å². The second-order valence-corrected chi connectivity index (χ2v) is 14.4. The van der Waals surface area contributed by atoms with E-state index in [0.717, 1.165) is 21.9 Å². The number of hydrogen-bond acceptors (Lipinski definition) is 11. The van der Waals surface area contributed by atoms with Gasteiger partial charge in [0.25, 0.3) is 11.5 Å². The van der Waals surface area contributed by atoms with E-state index in [1.54, 1.807) is 0 Å². The second-order valence-electron chi connectivity index (χ2n) is 9.95. The molecule has 1 aromatic heterocycles. The van der Waals surface area contributed by atoms with Gasteiger partial charge in [-0.15, -0.1) is 0 Å². The van der Waals surface area contributed by atoms with Crippen LogP contribution in [0, 0.1) is 0 Å². The Hall–Kier alpha value is -3.08. The van der Waals surface area contributed by atoms with Crippen LogP contribution in [-0.2, 0) is 31.6 Å². The van der Waals surface area contributed by atoms with Crippen LogP contribution in [0.3, 0.4) is 0 Å². The van der Waals surface area contributed by atoms with Gasteiger partial charge in [-0.2, -0.15) is 8.62 Å². The number of aromatic nitrogens is 2. The third-order valence-corrected chi connectivity index (χ3v) is 10.5. The molecular formula is C25H30N3O15P3. The summed E-state index contributed by atoms with van der Waals surface area (Å²) in [4.78, 5) is 76.2. The number of amides is 1. The number of hydrogen-bond donors (Lipinski definition) is 7. The van der Waals surface area contributed by atoms with Gasteiger partial charge in [-0.1, -0.05) is 60.7 Å². The first-order valence-corrected chi connectivity index (χ1v) is 17.9. The number of aliphatic hydroxyl groups is 1. The molecule has 1 amide bonds. The summed E-state index contributed by atoms with van der Waals surface area (Å²) in [6, 6.07) is 19.2. The van der Waals surface area contributed by atoms with Crippen molar-refractivity contribution in [1.29, 1.82) is 0 Å². The maximum atomic E-state index is 13.0. The Morgan fingerprint density at radius 1 is 0.957 bits per heavy atom. The van der Waals surface area contributed by atoms with E-state index >= 15 is 0 Å². The van der Waals surface area contributed by atoms with Crippen LogP contribution in [0.15, 0.2) is 76.4 Å². The van der Waals surface area contributed by atoms with Crippen molar-refractivity contribution in [2.75, 3.05) is 13.2 Å². The molecule has 0 saturated carbocycles. The van der Waals surface area contributed by atoms with Gasteiger partial charge in [-0.25, -0.2) is 18.5 Å². The number of carbonyl (C=O) groups excluding carboxylic acids is 1. The van der Waals surface area contributed by atoms with Crippen LogP contribution >= 0.6 is 23.5 Å². The Morgan fingerprint density at radius 3 is 2.11 bits per heavy atom. The van der Waals surface area contributed by atoms with Crippen LogP contribution < -0.4 is 16.6 Å². The van der Waals surface area contributed by atoms with Crippen molar-refractivity contribution in [2.45, 2.75) is 37.2 Å². The highest BCUT2D eigenvalue weighted by atomic mass is 31.3. The molecule has 2 aromatic carbocycles. The van der Waals surface area contributed by atoms with Crippen LogP contribution in [0.4, 0.5) is 0 Å². The maximum absolute atomic E-state index is 13.0. The number of phosphoric acid groups is 3. The lowest BCUT2D eigenvalue weighted by Crippen LogP contribution is -2.38. The van der Waals surface area contributed by atoms with Crippen molar-refractivity contribution in [1.82, 2.24) is 14.9 Å². The molecule has 18 nitrogen and oxygen atoms in total. The molecule has 0 radical (unpaired) electrons. The molecule has 5 atom stereocenters. The van der Waals surface area contributed by atoms with Gasteiger partial charge in [0, 0.05) is 25.1 Å². The summed E-state index contributed by atoms with van der Waals surface area (Å²) in [6.45, 7) is -0.816. The third-order valence-electron chi connectivity index (χ3n) is 6.67. The van der Waals surface area contributed by atoms with Crippen molar-refractivity contribution in [2.24, 2.45) is 0 Å². The molecule has 4 rings (SSSR count). The molecule has 7 N–H and O–H groups in total. The summed E-state index contributed by atoms with van der Waals surface area (Å²) in [5, 5.41) is 13.0. The molecular weight excluding hydrogens is 675 g/mol. The first-order chi connectivity index (χ1) is 21.5. The molecule has 250 valence electrons. The predicted octanol–water partition coefficient (Wildman–Crippen LogP) is 1.48. The lowest BCUT2D eigenvalue weighted by atomic mass is 9.88. The molecule has 1 saturated heterocycles. The number of carbonyl (C=O) groups is 1. The Bertz CT molecular complexity index is 1740. The van der Waals surface area contributed by atoms with Gasteiger partial charge < -0.3 is 34.7 Å². The Labute approximate surface area is 260 Å². The maximum Gasteiger partial charge on any atom is 0.490 e. The van der Waals surface area contributed by atoms with Gasteiger partial charge >= 0.3 is 29.2 Å². The number of phosphoric ester groups is 1. The van der Waals surface area contributed by atoms with E-state index in [1.807, 2.05) is 65.6 Å². The van der Waals surface area contributed by atoms with Crippen molar-refractivity contribution < 1.29 is 61.1 Å². The van der Waals surface area contributed by atoms with E-state index in [2.05, 4.69) is 18.5 Å². The largest absolute Gasteiger partial charge is 0.490 e. The molecule has 0 aliphatic carbocycles. The normalized spacial score (nSPS) is 21.0. The number of rotatable bonds is 14. The number of aliphatic hydroxyl groups excluding tert-OH is 1. The Kier molecular flexibility index (Phi) is 11.5. The zero-order valence-electron chi connectivity index (χ0n) is 23.6. The van der Waals surface area contributed by atoms with Crippen LogP contribution in [0.2, 0.25) is 0 Å². The molecule has 46 heavy (non-hydrogen) atoms. The van der Waals surface area contributed by atoms with E-state index in [-0.39, 0.29) is 18.9 Å².